The average Bonchev–Trinajstić information content (AvgIpc) is 2.54. The highest BCUT2D eigenvalue weighted by atomic mass is 16.2. The van der Waals surface area contributed by atoms with Gasteiger partial charge in [0.1, 0.15) is 0 Å². The monoisotopic (exact) mass is 331 g/mol. The van der Waals surface area contributed by atoms with Crippen LogP contribution in [0.2, 0.25) is 0 Å². The van der Waals surface area contributed by atoms with Gasteiger partial charge in [-0.05, 0) is 66.0 Å². The van der Waals surface area contributed by atoms with Crippen LogP contribution in [-0.4, -0.2) is 74.0 Å². The molecule has 1 aliphatic heterocycles. The molecule has 4 heteroatoms. The maximum Gasteiger partial charge on any atom is 0.227 e. The van der Waals surface area contributed by atoms with E-state index in [1.165, 1.54) is 18.4 Å². The summed E-state index contributed by atoms with van der Waals surface area (Å²) in [6, 6.07) is 8.79. The Morgan fingerprint density at radius 1 is 1.25 bits per heavy atom. The van der Waals surface area contributed by atoms with Crippen LogP contribution >= 0.6 is 0 Å². The van der Waals surface area contributed by atoms with Crippen LogP contribution in [0.25, 0.3) is 0 Å². The predicted octanol–water partition coefficient (Wildman–Crippen LogP) is 2.41. The predicted molar refractivity (Wildman–Crippen MR) is 100 cm³/mol. The maximum atomic E-state index is 12.7. The lowest BCUT2D eigenvalue weighted by Crippen LogP contribution is -2.49. The minimum Gasteiger partial charge on any atom is -0.341 e. The molecule has 1 fully saturated rings. The Balaban J connectivity index is 1.84. The lowest BCUT2D eigenvalue weighted by Gasteiger charge is -2.38. The molecule has 0 aliphatic carbocycles. The molecule has 1 aromatic carbocycles. The van der Waals surface area contributed by atoms with Gasteiger partial charge in [-0.15, -0.1) is 0 Å². The van der Waals surface area contributed by atoms with Gasteiger partial charge < -0.3 is 14.7 Å². The highest BCUT2D eigenvalue weighted by Gasteiger charge is 2.26. The second-order valence-corrected chi connectivity index (χ2v) is 7.44. The Morgan fingerprint density at radius 2 is 2.04 bits per heavy atom. The van der Waals surface area contributed by atoms with Crippen molar-refractivity contribution < 1.29 is 4.79 Å². The summed E-state index contributed by atoms with van der Waals surface area (Å²) in [6.07, 6.45) is 4.02. The number of benzene rings is 1. The van der Waals surface area contributed by atoms with Crippen molar-refractivity contribution in [2.45, 2.75) is 38.6 Å². The summed E-state index contributed by atoms with van der Waals surface area (Å²) in [5.41, 5.74) is 2.35. The number of likely N-dealkylation sites (N-methyl/N-ethyl adjacent to an activating group) is 1. The van der Waals surface area contributed by atoms with Crippen molar-refractivity contribution in [3.63, 3.8) is 0 Å². The minimum atomic E-state index is 0.270. The summed E-state index contributed by atoms with van der Waals surface area (Å²) in [6.45, 7) is 6.08. The average molecular weight is 332 g/mol. The molecule has 1 heterocycles. The molecule has 1 aromatic rings. The first-order chi connectivity index (χ1) is 11.5. The fourth-order valence-electron chi connectivity index (χ4n) is 3.47. The van der Waals surface area contributed by atoms with Gasteiger partial charge in [0, 0.05) is 19.1 Å². The SMILES string of the molecule is Cc1cccc(CC(=O)N2CCC[C@@H](N(C)CCCN(C)C)C2)c1. The number of likely N-dealkylation sites (tertiary alicyclic amines) is 1. The van der Waals surface area contributed by atoms with Crippen molar-refractivity contribution in [3.05, 3.63) is 35.4 Å². The fraction of sp³-hybridized carbons (Fsp3) is 0.650. The van der Waals surface area contributed by atoms with Crippen molar-refractivity contribution in [3.8, 4) is 0 Å². The van der Waals surface area contributed by atoms with Crippen LogP contribution < -0.4 is 0 Å². The summed E-state index contributed by atoms with van der Waals surface area (Å²) in [4.78, 5) is 19.4. The molecule has 0 saturated carbocycles. The molecule has 4 nitrogen and oxygen atoms in total. The molecule has 1 atom stereocenters. The molecule has 2 rings (SSSR count). The Kier molecular flexibility index (Phi) is 7.25. The molecule has 0 aromatic heterocycles. The van der Waals surface area contributed by atoms with Crippen LogP contribution in [0.5, 0.6) is 0 Å². The van der Waals surface area contributed by atoms with E-state index in [1.807, 2.05) is 6.07 Å². The number of amides is 1. The van der Waals surface area contributed by atoms with Gasteiger partial charge >= 0.3 is 0 Å². The van der Waals surface area contributed by atoms with E-state index in [0.717, 1.165) is 38.2 Å². The molecule has 0 spiro atoms. The second kappa shape index (κ2) is 9.19. The van der Waals surface area contributed by atoms with Gasteiger partial charge in [-0.3, -0.25) is 4.79 Å². The number of piperidine rings is 1. The Labute approximate surface area is 147 Å². The molecule has 0 bridgehead atoms. The standard InChI is InChI=1S/C20H33N3O/c1-17-8-5-9-18(14-17)15-20(24)23-13-6-10-19(16-23)22(4)12-7-11-21(2)3/h5,8-9,14,19H,6-7,10-13,15-16H2,1-4H3/t19-/m1/s1. The van der Waals surface area contributed by atoms with Crippen LogP contribution in [0.15, 0.2) is 24.3 Å². The first kappa shape index (κ1) is 18.9. The number of rotatable bonds is 7. The smallest absolute Gasteiger partial charge is 0.227 e. The van der Waals surface area contributed by atoms with E-state index in [4.69, 9.17) is 0 Å². The second-order valence-electron chi connectivity index (χ2n) is 7.44. The van der Waals surface area contributed by atoms with Gasteiger partial charge in [0.2, 0.25) is 5.91 Å². The Hall–Kier alpha value is -1.39. The lowest BCUT2D eigenvalue weighted by atomic mass is 10.0. The molecule has 0 N–H and O–H groups in total. The molecule has 1 amide bonds. The first-order valence-electron chi connectivity index (χ1n) is 9.14. The van der Waals surface area contributed by atoms with E-state index >= 15 is 0 Å². The third-order valence-corrected chi connectivity index (χ3v) is 4.93. The van der Waals surface area contributed by atoms with Gasteiger partial charge in [0.05, 0.1) is 6.42 Å². The summed E-state index contributed by atoms with van der Waals surface area (Å²) in [7, 11) is 6.44. The fourth-order valence-corrected chi connectivity index (χ4v) is 3.47. The molecule has 1 saturated heterocycles. The lowest BCUT2D eigenvalue weighted by molar-refractivity contribution is -0.132. The molecular formula is C20H33N3O. The van der Waals surface area contributed by atoms with E-state index in [1.54, 1.807) is 0 Å². The molecule has 0 radical (unpaired) electrons. The molecule has 134 valence electrons. The van der Waals surface area contributed by atoms with E-state index < -0.39 is 0 Å². The zero-order valence-corrected chi connectivity index (χ0v) is 15.8. The van der Waals surface area contributed by atoms with Gasteiger partial charge in [-0.2, -0.15) is 0 Å². The van der Waals surface area contributed by atoms with Gasteiger partial charge in [0.15, 0.2) is 0 Å². The Morgan fingerprint density at radius 3 is 2.75 bits per heavy atom. The Bertz CT molecular complexity index is 529. The summed E-state index contributed by atoms with van der Waals surface area (Å²) < 4.78 is 0. The third-order valence-electron chi connectivity index (χ3n) is 4.93. The number of carbonyl (C=O) groups is 1. The van der Waals surface area contributed by atoms with E-state index in [2.05, 4.69) is 61.0 Å². The van der Waals surface area contributed by atoms with Crippen molar-refractivity contribution in [2.24, 2.45) is 0 Å². The molecule has 24 heavy (non-hydrogen) atoms. The quantitative estimate of drug-likeness (QED) is 0.768. The molecule has 1 aliphatic rings. The van der Waals surface area contributed by atoms with Crippen molar-refractivity contribution in [2.75, 3.05) is 47.3 Å². The highest BCUT2D eigenvalue weighted by Crippen LogP contribution is 2.17. The zero-order valence-electron chi connectivity index (χ0n) is 15.8. The van der Waals surface area contributed by atoms with Crippen LogP contribution in [0, 0.1) is 6.92 Å². The van der Waals surface area contributed by atoms with Gasteiger partial charge in [0.25, 0.3) is 0 Å². The topological polar surface area (TPSA) is 26.8 Å². The van der Waals surface area contributed by atoms with Gasteiger partial charge in [-0.1, -0.05) is 29.8 Å². The summed E-state index contributed by atoms with van der Waals surface area (Å²) in [5, 5.41) is 0. The number of nitrogens with zero attached hydrogens (tertiary/aromatic N) is 3. The normalized spacial score (nSPS) is 18.4. The maximum absolute atomic E-state index is 12.7. The highest BCUT2D eigenvalue weighted by molar-refractivity contribution is 5.79. The zero-order chi connectivity index (χ0) is 17.5. The van der Waals surface area contributed by atoms with Crippen LogP contribution in [0.1, 0.15) is 30.4 Å². The van der Waals surface area contributed by atoms with Crippen molar-refractivity contribution >= 4 is 5.91 Å². The first-order valence-corrected chi connectivity index (χ1v) is 9.14. The van der Waals surface area contributed by atoms with Crippen LogP contribution in [-0.2, 0) is 11.2 Å². The van der Waals surface area contributed by atoms with Crippen molar-refractivity contribution in [1.82, 2.24) is 14.7 Å². The van der Waals surface area contributed by atoms with E-state index in [9.17, 15) is 4.79 Å². The minimum absolute atomic E-state index is 0.270. The number of aryl methyl sites for hydroxylation is 1. The largest absolute Gasteiger partial charge is 0.341 e. The molecule has 0 unspecified atom stereocenters. The number of hydrogen-bond donors (Lipinski definition) is 0. The summed E-state index contributed by atoms with van der Waals surface area (Å²) in [5.74, 6) is 0.270. The number of carbonyl (C=O) groups excluding carboxylic acids is 1. The van der Waals surface area contributed by atoms with Crippen LogP contribution in [0.4, 0.5) is 0 Å². The number of hydrogen-bond acceptors (Lipinski definition) is 3. The third kappa shape index (κ3) is 5.91. The van der Waals surface area contributed by atoms with Gasteiger partial charge in [-0.25, -0.2) is 0 Å². The van der Waals surface area contributed by atoms with E-state index in [-0.39, 0.29) is 5.91 Å². The van der Waals surface area contributed by atoms with Crippen molar-refractivity contribution in [1.29, 1.82) is 0 Å². The summed E-state index contributed by atoms with van der Waals surface area (Å²) >= 11 is 0. The van der Waals surface area contributed by atoms with E-state index in [0.29, 0.717) is 12.5 Å². The van der Waals surface area contributed by atoms with Crippen LogP contribution in [0.3, 0.4) is 0 Å². The molecular weight excluding hydrogens is 298 g/mol.